The van der Waals surface area contributed by atoms with Crippen molar-refractivity contribution in [3.05, 3.63) is 0 Å². The van der Waals surface area contributed by atoms with E-state index in [0.29, 0.717) is 5.92 Å². The van der Waals surface area contributed by atoms with Gasteiger partial charge in [0.15, 0.2) is 0 Å². The smallest absolute Gasteiger partial charge is 0.245 e. The SMILES string of the molecule is CC(C)[C@@H](NC(=O)CO)C(C)(C)C. The molecule has 0 unspecified atom stereocenters. The molecule has 0 bridgehead atoms. The molecule has 0 aliphatic rings. The first-order valence-corrected chi connectivity index (χ1v) is 4.69. The number of nitrogens with one attached hydrogen (secondary N) is 1. The van der Waals surface area contributed by atoms with E-state index in [1.165, 1.54) is 0 Å². The predicted octanol–water partition coefficient (Wildman–Crippen LogP) is 1.17. The van der Waals surface area contributed by atoms with Gasteiger partial charge in [-0.15, -0.1) is 0 Å². The van der Waals surface area contributed by atoms with Crippen LogP contribution in [0.2, 0.25) is 0 Å². The van der Waals surface area contributed by atoms with Crippen LogP contribution in [0.1, 0.15) is 34.6 Å². The lowest BCUT2D eigenvalue weighted by Crippen LogP contribution is -2.47. The topological polar surface area (TPSA) is 49.3 Å². The van der Waals surface area contributed by atoms with Crippen LogP contribution in [-0.4, -0.2) is 23.7 Å². The van der Waals surface area contributed by atoms with Gasteiger partial charge in [0.2, 0.25) is 5.91 Å². The van der Waals surface area contributed by atoms with Crippen molar-refractivity contribution in [2.45, 2.75) is 40.7 Å². The van der Waals surface area contributed by atoms with Crippen LogP contribution in [0.4, 0.5) is 0 Å². The van der Waals surface area contributed by atoms with Crippen molar-refractivity contribution >= 4 is 5.91 Å². The molecule has 1 amide bonds. The highest BCUT2D eigenvalue weighted by atomic mass is 16.3. The average molecular weight is 187 g/mol. The molecule has 0 fully saturated rings. The van der Waals surface area contributed by atoms with Gasteiger partial charge in [-0.25, -0.2) is 0 Å². The molecule has 0 aromatic heterocycles. The summed E-state index contributed by atoms with van der Waals surface area (Å²) in [4.78, 5) is 11.0. The average Bonchev–Trinajstić information content (AvgIpc) is 1.96. The molecule has 1 atom stereocenters. The van der Waals surface area contributed by atoms with Gasteiger partial charge in [-0.3, -0.25) is 4.79 Å². The van der Waals surface area contributed by atoms with E-state index in [-0.39, 0.29) is 17.4 Å². The molecule has 0 heterocycles. The molecule has 0 radical (unpaired) electrons. The Morgan fingerprint density at radius 2 is 1.85 bits per heavy atom. The van der Waals surface area contributed by atoms with Crippen molar-refractivity contribution in [1.29, 1.82) is 0 Å². The van der Waals surface area contributed by atoms with E-state index >= 15 is 0 Å². The van der Waals surface area contributed by atoms with Crippen molar-refractivity contribution in [3.8, 4) is 0 Å². The lowest BCUT2D eigenvalue weighted by molar-refractivity contribution is -0.125. The molecule has 0 saturated heterocycles. The van der Waals surface area contributed by atoms with E-state index in [4.69, 9.17) is 5.11 Å². The van der Waals surface area contributed by atoms with Crippen LogP contribution >= 0.6 is 0 Å². The standard InChI is InChI=1S/C10H21NO2/c1-7(2)9(10(3,4)5)11-8(13)6-12/h7,9,12H,6H2,1-5H3,(H,11,13)/t9-/m1/s1. The molecule has 0 aliphatic heterocycles. The Morgan fingerprint density at radius 1 is 1.38 bits per heavy atom. The van der Waals surface area contributed by atoms with Crippen LogP contribution in [0.5, 0.6) is 0 Å². The zero-order chi connectivity index (χ0) is 10.6. The summed E-state index contributed by atoms with van der Waals surface area (Å²) in [6, 6.07) is 0.104. The first-order valence-electron chi connectivity index (χ1n) is 4.69. The zero-order valence-electron chi connectivity index (χ0n) is 9.22. The lowest BCUT2D eigenvalue weighted by atomic mass is 9.80. The highest BCUT2D eigenvalue weighted by Gasteiger charge is 2.28. The summed E-state index contributed by atoms with van der Waals surface area (Å²) in [5, 5.41) is 11.4. The minimum atomic E-state index is -0.431. The van der Waals surface area contributed by atoms with Crippen LogP contribution in [-0.2, 0) is 4.79 Å². The minimum Gasteiger partial charge on any atom is -0.387 e. The predicted molar refractivity (Wildman–Crippen MR) is 53.3 cm³/mol. The Balaban J connectivity index is 4.36. The monoisotopic (exact) mass is 187 g/mol. The van der Waals surface area contributed by atoms with Gasteiger partial charge in [0.1, 0.15) is 6.61 Å². The number of hydrogen-bond acceptors (Lipinski definition) is 2. The largest absolute Gasteiger partial charge is 0.387 e. The van der Waals surface area contributed by atoms with E-state index in [1.807, 2.05) is 0 Å². The van der Waals surface area contributed by atoms with Crippen molar-refractivity contribution in [3.63, 3.8) is 0 Å². The molecule has 3 nitrogen and oxygen atoms in total. The Morgan fingerprint density at radius 3 is 2.08 bits per heavy atom. The van der Waals surface area contributed by atoms with Gasteiger partial charge in [-0.2, -0.15) is 0 Å². The van der Waals surface area contributed by atoms with Crippen molar-refractivity contribution in [1.82, 2.24) is 5.32 Å². The number of amides is 1. The molecular weight excluding hydrogens is 166 g/mol. The second kappa shape index (κ2) is 4.61. The molecule has 2 N–H and O–H groups in total. The maximum Gasteiger partial charge on any atom is 0.245 e. The molecular formula is C10H21NO2. The van der Waals surface area contributed by atoms with Crippen LogP contribution in [0.3, 0.4) is 0 Å². The summed E-state index contributed by atoms with van der Waals surface area (Å²) in [6.45, 7) is 9.93. The fourth-order valence-corrected chi connectivity index (χ4v) is 1.60. The molecule has 0 aliphatic carbocycles. The molecule has 78 valence electrons. The summed E-state index contributed by atoms with van der Waals surface area (Å²) < 4.78 is 0. The van der Waals surface area contributed by atoms with Gasteiger partial charge in [0.05, 0.1) is 0 Å². The van der Waals surface area contributed by atoms with Crippen molar-refractivity contribution < 1.29 is 9.90 Å². The number of rotatable bonds is 3. The number of hydrogen-bond donors (Lipinski definition) is 2. The van der Waals surface area contributed by atoms with Gasteiger partial charge >= 0.3 is 0 Å². The molecule has 3 heteroatoms. The quantitative estimate of drug-likeness (QED) is 0.696. The first kappa shape index (κ1) is 12.4. The fourth-order valence-electron chi connectivity index (χ4n) is 1.60. The maximum absolute atomic E-state index is 11.0. The molecule has 13 heavy (non-hydrogen) atoms. The molecule has 0 rings (SSSR count). The number of aliphatic hydroxyl groups is 1. The zero-order valence-corrected chi connectivity index (χ0v) is 9.22. The Bertz CT molecular complexity index is 170. The normalized spacial score (nSPS) is 14.4. The summed E-state index contributed by atoms with van der Waals surface area (Å²) >= 11 is 0. The minimum absolute atomic E-state index is 0.0268. The third-order valence-corrected chi connectivity index (χ3v) is 2.06. The number of carbonyl (C=O) groups is 1. The summed E-state index contributed by atoms with van der Waals surface area (Å²) in [6.07, 6.45) is 0. The highest BCUT2D eigenvalue weighted by molar-refractivity contribution is 5.77. The number of aliphatic hydroxyl groups excluding tert-OH is 1. The number of carbonyl (C=O) groups excluding carboxylic acids is 1. The third-order valence-electron chi connectivity index (χ3n) is 2.06. The molecule has 0 spiro atoms. The summed E-state index contributed by atoms with van der Waals surface area (Å²) in [5.41, 5.74) is 0.0268. The second-order valence-corrected chi connectivity index (χ2v) is 4.81. The van der Waals surface area contributed by atoms with Crippen LogP contribution in [0, 0.1) is 11.3 Å². The van der Waals surface area contributed by atoms with Gasteiger partial charge < -0.3 is 10.4 Å². The van der Waals surface area contributed by atoms with Gasteiger partial charge in [0, 0.05) is 6.04 Å². The van der Waals surface area contributed by atoms with Crippen molar-refractivity contribution in [2.75, 3.05) is 6.61 Å². The lowest BCUT2D eigenvalue weighted by Gasteiger charge is -2.34. The van der Waals surface area contributed by atoms with Crippen LogP contribution in [0.15, 0.2) is 0 Å². The Labute approximate surface area is 80.5 Å². The molecule has 0 saturated carbocycles. The van der Waals surface area contributed by atoms with Crippen molar-refractivity contribution in [2.24, 2.45) is 11.3 Å². The van der Waals surface area contributed by atoms with Crippen LogP contribution < -0.4 is 5.32 Å². The van der Waals surface area contributed by atoms with E-state index in [2.05, 4.69) is 39.9 Å². The van der Waals surface area contributed by atoms with E-state index in [0.717, 1.165) is 0 Å². The summed E-state index contributed by atoms with van der Waals surface area (Å²) in [5.74, 6) is 0.0733. The fraction of sp³-hybridized carbons (Fsp3) is 0.900. The summed E-state index contributed by atoms with van der Waals surface area (Å²) in [7, 11) is 0. The van der Waals surface area contributed by atoms with E-state index in [1.54, 1.807) is 0 Å². The molecule has 0 aromatic carbocycles. The van der Waals surface area contributed by atoms with E-state index < -0.39 is 6.61 Å². The Kier molecular flexibility index (Phi) is 4.40. The van der Waals surface area contributed by atoms with Crippen LogP contribution in [0.25, 0.3) is 0 Å². The van der Waals surface area contributed by atoms with Gasteiger partial charge in [-0.05, 0) is 11.3 Å². The highest BCUT2D eigenvalue weighted by Crippen LogP contribution is 2.24. The van der Waals surface area contributed by atoms with E-state index in [9.17, 15) is 4.79 Å². The maximum atomic E-state index is 11.0. The Hall–Kier alpha value is -0.570. The second-order valence-electron chi connectivity index (χ2n) is 4.81. The first-order chi connectivity index (χ1) is 5.79. The van der Waals surface area contributed by atoms with Gasteiger partial charge in [-0.1, -0.05) is 34.6 Å². The van der Waals surface area contributed by atoms with Gasteiger partial charge in [0.25, 0.3) is 0 Å². The third kappa shape index (κ3) is 4.27. The molecule has 0 aromatic rings.